The van der Waals surface area contributed by atoms with Crippen LogP contribution in [0.4, 0.5) is 10.6 Å². The number of carbonyl (C=O) groups is 2. The summed E-state index contributed by atoms with van der Waals surface area (Å²) in [5.41, 5.74) is 2.67. The molecule has 1 fully saturated rings. The predicted octanol–water partition coefficient (Wildman–Crippen LogP) is 2.28. The van der Waals surface area contributed by atoms with Crippen molar-refractivity contribution in [3.8, 4) is 0 Å². The van der Waals surface area contributed by atoms with E-state index in [2.05, 4.69) is 20.4 Å². The predicted molar refractivity (Wildman–Crippen MR) is 104 cm³/mol. The van der Waals surface area contributed by atoms with Crippen molar-refractivity contribution in [3.63, 3.8) is 0 Å². The minimum Gasteiger partial charge on any atom is -0.447 e. The highest BCUT2D eigenvalue weighted by Gasteiger charge is 2.38. The number of cyclic esters (lactones) is 1. The first-order valence-electron chi connectivity index (χ1n) is 9.67. The molecule has 0 radical (unpaired) electrons. The second kappa shape index (κ2) is 6.84. The molecule has 2 amide bonds. The molecule has 0 aromatic carbocycles. The fraction of sp³-hybridized carbons (Fsp3) is 0.350. The molecule has 2 aliphatic heterocycles. The quantitative estimate of drug-likeness (QED) is 0.630. The first-order valence-corrected chi connectivity index (χ1v) is 9.67. The maximum atomic E-state index is 12.7. The lowest BCUT2D eigenvalue weighted by atomic mass is 10.00. The largest absolute Gasteiger partial charge is 0.447 e. The summed E-state index contributed by atoms with van der Waals surface area (Å²) in [6, 6.07) is 5.25. The van der Waals surface area contributed by atoms with Crippen LogP contribution in [0.25, 0.3) is 5.65 Å². The number of carbonyl (C=O) groups excluding carboxylic acids is 2. The van der Waals surface area contributed by atoms with Crippen molar-refractivity contribution in [3.05, 3.63) is 53.6 Å². The number of aromatic nitrogens is 4. The van der Waals surface area contributed by atoms with Crippen LogP contribution in [0.2, 0.25) is 0 Å². The Kier molecular flexibility index (Phi) is 4.15. The van der Waals surface area contributed by atoms with E-state index in [4.69, 9.17) is 4.74 Å². The highest BCUT2D eigenvalue weighted by Crippen LogP contribution is 2.34. The van der Waals surface area contributed by atoms with E-state index in [1.807, 2.05) is 19.1 Å². The molecule has 1 saturated heterocycles. The zero-order chi connectivity index (χ0) is 20.0. The molecular weight excluding hydrogens is 372 g/mol. The zero-order valence-electron chi connectivity index (χ0n) is 15.9. The van der Waals surface area contributed by atoms with Crippen molar-refractivity contribution in [2.24, 2.45) is 0 Å². The normalized spacial score (nSPS) is 22.0. The number of rotatable bonds is 0. The summed E-state index contributed by atoms with van der Waals surface area (Å²) in [7, 11) is 0. The van der Waals surface area contributed by atoms with Crippen LogP contribution in [0.5, 0.6) is 0 Å². The van der Waals surface area contributed by atoms with Gasteiger partial charge in [-0.15, -0.1) is 0 Å². The lowest BCUT2D eigenvalue weighted by molar-refractivity contribution is 0.0939. The fourth-order valence-corrected chi connectivity index (χ4v) is 3.97. The molecule has 9 heteroatoms. The van der Waals surface area contributed by atoms with E-state index in [0.717, 1.165) is 30.5 Å². The maximum absolute atomic E-state index is 12.7. The molecule has 29 heavy (non-hydrogen) atoms. The van der Waals surface area contributed by atoms with E-state index in [9.17, 15) is 9.59 Å². The maximum Gasteiger partial charge on any atom is 0.416 e. The Morgan fingerprint density at radius 2 is 2.17 bits per heavy atom. The molecule has 0 spiro atoms. The van der Waals surface area contributed by atoms with E-state index in [0.29, 0.717) is 17.0 Å². The molecule has 0 saturated carbocycles. The van der Waals surface area contributed by atoms with Gasteiger partial charge in [-0.3, -0.25) is 14.7 Å². The summed E-state index contributed by atoms with van der Waals surface area (Å²) in [5.74, 6) is 0.188. The average Bonchev–Trinajstić information content (AvgIpc) is 3.30. The third-order valence-corrected chi connectivity index (χ3v) is 5.43. The number of anilines is 1. The van der Waals surface area contributed by atoms with Crippen LogP contribution in [0, 0.1) is 0 Å². The van der Waals surface area contributed by atoms with Gasteiger partial charge in [0.05, 0.1) is 6.20 Å². The number of hydrogen-bond donors (Lipinski definition) is 1. The summed E-state index contributed by atoms with van der Waals surface area (Å²) in [4.78, 5) is 36.0. The van der Waals surface area contributed by atoms with Crippen molar-refractivity contribution in [2.75, 3.05) is 11.5 Å². The number of amides is 2. The van der Waals surface area contributed by atoms with Crippen LogP contribution >= 0.6 is 0 Å². The van der Waals surface area contributed by atoms with Crippen LogP contribution in [0.3, 0.4) is 0 Å². The van der Waals surface area contributed by atoms with Crippen LogP contribution in [0.15, 0.2) is 36.8 Å². The van der Waals surface area contributed by atoms with Crippen molar-refractivity contribution < 1.29 is 14.3 Å². The molecule has 2 bridgehead atoms. The van der Waals surface area contributed by atoms with Gasteiger partial charge < -0.3 is 10.1 Å². The summed E-state index contributed by atoms with van der Waals surface area (Å²) in [6.07, 6.45) is 6.91. The van der Waals surface area contributed by atoms with Crippen LogP contribution < -0.4 is 10.2 Å². The van der Waals surface area contributed by atoms with Gasteiger partial charge in [0.15, 0.2) is 5.65 Å². The second-order valence-electron chi connectivity index (χ2n) is 7.38. The molecule has 0 unspecified atom stereocenters. The van der Waals surface area contributed by atoms with Crippen molar-refractivity contribution in [1.82, 2.24) is 24.9 Å². The lowest BCUT2D eigenvalue weighted by Gasteiger charge is -2.23. The van der Waals surface area contributed by atoms with Crippen LogP contribution in [-0.4, -0.2) is 44.2 Å². The Balaban J connectivity index is 1.68. The first-order chi connectivity index (χ1) is 14.1. The highest BCUT2D eigenvalue weighted by molar-refractivity contribution is 6.00. The third kappa shape index (κ3) is 2.98. The smallest absolute Gasteiger partial charge is 0.416 e. The van der Waals surface area contributed by atoms with Crippen LogP contribution in [-0.2, 0) is 11.2 Å². The van der Waals surface area contributed by atoms with Gasteiger partial charge in [-0.2, -0.15) is 5.10 Å². The Hall–Kier alpha value is -3.49. The molecule has 2 aliphatic rings. The topological polar surface area (TPSA) is 102 Å². The van der Waals surface area contributed by atoms with Gasteiger partial charge in [0, 0.05) is 29.7 Å². The standard InChI is InChI=1S/C20H20N6O3/c1-12-4-2-6-15-13(5-3-8-21-15)16-11-29-20(28)26(16)17-7-9-25-18(24-17)14(10-22-25)19(27)23-12/h3,5,7-10,12,16H,2,4,6,11H2,1H3,(H,23,27)/t12-,16-/m1/s1. The molecule has 148 valence electrons. The summed E-state index contributed by atoms with van der Waals surface area (Å²) >= 11 is 0. The zero-order valence-corrected chi connectivity index (χ0v) is 15.9. The van der Waals surface area contributed by atoms with Crippen LogP contribution in [0.1, 0.15) is 47.4 Å². The lowest BCUT2D eigenvalue weighted by Crippen LogP contribution is -2.33. The minimum atomic E-state index is -0.465. The number of nitrogens with zero attached hydrogens (tertiary/aromatic N) is 5. The molecule has 5 rings (SSSR count). The number of aryl methyl sites for hydroxylation is 1. The summed E-state index contributed by atoms with van der Waals surface area (Å²) in [6.45, 7) is 2.21. The molecule has 5 heterocycles. The number of hydrogen-bond acceptors (Lipinski definition) is 6. The van der Waals surface area contributed by atoms with Gasteiger partial charge in [-0.05, 0) is 38.3 Å². The second-order valence-corrected chi connectivity index (χ2v) is 7.38. The van der Waals surface area contributed by atoms with Crippen molar-refractivity contribution in [1.29, 1.82) is 0 Å². The molecule has 3 aromatic heterocycles. The molecule has 0 aliphatic carbocycles. The number of fused-ring (bicyclic) bond motifs is 5. The van der Waals surface area contributed by atoms with Gasteiger partial charge >= 0.3 is 6.09 Å². The van der Waals surface area contributed by atoms with Gasteiger partial charge in [0.25, 0.3) is 5.91 Å². The summed E-state index contributed by atoms with van der Waals surface area (Å²) < 4.78 is 6.89. The van der Waals surface area contributed by atoms with Gasteiger partial charge in [-0.25, -0.2) is 14.3 Å². The Morgan fingerprint density at radius 1 is 1.28 bits per heavy atom. The van der Waals surface area contributed by atoms with Gasteiger partial charge in [-0.1, -0.05) is 6.07 Å². The van der Waals surface area contributed by atoms with Crippen molar-refractivity contribution >= 4 is 23.5 Å². The van der Waals surface area contributed by atoms with Gasteiger partial charge in [0.2, 0.25) is 0 Å². The number of ether oxygens (including phenoxy) is 1. The molecule has 2 atom stereocenters. The Bertz CT molecular complexity index is 1110. The number of pyridine rings is 1. The Morgan fingerprint density at radius 3 is 3.07 bits per heavy atom. The van der Waals surface area contributed by atoms with Gasteiger partial charge in [0.1, 0.15) is 24.0 Å². The number of nitrogens with one attached hydrogen (secondary N) is 1. The van der Waals surface area contributed by atoms with E-state index < -0.39 is 6.09 Å². The van der Waals surface area contributed by atoms with E-state index in [1.54, 1.807) is 18.5 Å². The monoisotopic (exact) mass is 392 g/mol. The fourth-order valence-electron chi connectivity index (χ4n) is 3.97. The molecular formula is C20H20N6O3. The SMILES string of the molecule is C[C@@H]1CCCc2ncccc2[C@H]2COC(=O)N2c2ccn3ncc(c3n2)C(=O)N1. The van der Waals surface area contributed by atoms with E-state index in [1.165, 1.54) is 15.6 Å². The molecule has 1 N–H and O–H groups in total. The highest BCUT2D eigenvalue weighted by atomic mass is 16.6. The minimum absolute atomic E-state index is 0.00336. The molecule has 3 aromatic rings. The molecule has 9 nitrogen and oxygen atoms in total. The third-order valence-electron chi connectivity index (χ3n) is 5.43. The van der Waals surface area contributed by atoms with E-state index >= 15 is 0 Å². The van der Waals surface area contributed by atoms with E-state index in [-0.39, 0.29) is 24.6 Å². The van der Waals surface area contributed by atoms with Crippen molar-refractivity contribution in [2.45, 2.75) is 38.3 Å². The summed E-state index contributed by atoms with van der Waals surface area (Å²) in [5, 5.41) is 7.23. The Labute approximate surface area is 166 Å². The average molecular weight is 392 g/mol. The first kappa shape index (κ1) is 17.6.